The Morgan fingerprint density at radius 2 is 2.08 bits per heavy atom. The summed E-state index contributed by atoms with van der Waals surface area (Å²) in [5.74, 6) is 1.05. The number of benzene rings is 1. The average Bonchev–Trinajstić information content (AvgIpc) is 2.98. The zero-order valence-corrected chi connectivity index (χ0v) is 7.64. The lowest BCUT2D eigenvalue weighted by Crippen LogP contribution is -1.95. The molecule has 0 aromatic heterocycles. The highest BCUT2D eigenvalue weighted by molar-refractivity contribution is 5.87. The van der Waals surface area contributed by atoms with Crippen LogP contribution in [0.3, 0.4) is 0 Å². The van der Waals surface area contributed by atoms with Gasteiger partial charge in [0.2, 0.25) is 0 Å². The average molecular weight is 175 g/mol. The second kappa shape index (κ2) is 3.21. The van der Waals surface area contributed by atoms with E-state index in [1.54, 1.807) is 0 Å². The highest BCUT2D eigenvalue weighted by Crippen LogP contribution is 2.48. The monoisotopic (exact) mass is 175 g/mol. The molecule has 2 rings (SSSR count). The first-order chi connectivity index (χ1) is 6.33. The third-order valence-corrected chi connectivity index (χ3v) is 2.71. The summed E-state index contributed by atoms with van der Waals surface area (Å²) in [4.78, 5) is 0. The van der Waals surface area contributed by atoms with Crippen molar-refractivity contribution in [3.05, 3.63) is 35.9 Å². The molecule has 0 spiro atoms. The minimum Gasteiger partial charge on any atom is -0.411 e. The number of oxime groups is 1. The molecule has 0 radical (unpaired) electrons. The van der Waals surface area contributed by atoms with E-state index in [1.165, 1.54) is 5.56 Å². The van der Waals surface area contributed by atoms with Crippen molar-refractivity contribution in [2.45, 2.75) is 19.3 Å². The molecule has 1 aliphatic rings. The van der Waals surface area contributed by atoms with E-state index in [1.807, 2.05) is 13.0 Å². The minimum atomic E-state index is 0.465. The molecule has 1 N–H and O–H groups in total. The standard InChI is InChI=1S/C11H13NO/c1-8(12-13)10-7-11(10)9-5-3-2-4-6-9/h2-6,10-11,13H,7H2,1H3. The maximum absolute atomic E-state index is 8.60. The zero-order valence-electron chi connectivity index (χ0n) is 7.64. The third-order valence-electron chi connectivity index (χ3n) is 2.71. The Balaban J connectivity index is 2.09. The van der Waals surface area contributed by atoms with Crippen LogP contribution in [0.25, 0.3) is 0 Å². The molecular weight excluding hydrogens is 162 g/mol. The van der Waals surface area contributed by atoms with Crippen LogP contribution in [0.5, 0.6) is 0 Å². The highest BCUT2D eigenvalue weighted by Gasteiger charge is 2.40. The van der Waals surface area contributed by atoms with Gasteiger partial charge in [0, 0.05) is 5.92 Å². The molecule has 13 heavy (non-hydrogen) atoms. The normalized spacial score (nSPS) is 27.3. The van der Waals surface area contributed by atoms with Gasteiger partial charge in [-0.25, -0.2) is 0 Å². The lowest BCUT2D eigenvalue weighted by molar-refractivity contribution is 0.316. The Morgan fingerprint density at radius 3 is 2.69 bits per heavy atom. The van der Waals surface area contributed by atoms with Crippen LogP contribution in [0.15, 0.2) is 35.5 Å². The molecule has 0 bridgehead atoms. The van der Waals surface area contributed by atoms with Gasteiger partial charge in [0.15, 0.2) is 0 Å². The van der Waals surface area contributed by atoms with Gasteiger partial charge in [0.05, 0.1) is 5.71 Å². The summed E-state index contributed by atoms with van der Waals surface area (Å²) in [6.45, 7) is 1.88. The van der Waals surface area contributed by atoms with Crippen molar-refractivity contribution in [3.8, 4) is 0 Å². The molecule has 1 fully saturated rings. The van der Waals surface area contributed by atoms with Crippen LogP contribution < -0.4 is 0 Å². The first kappa shape index (κ1) is 8.30. The predicted molar refractivity (Wildman–Crippen MR) is 52.2 cm³/mol. The molecule has 1 aromatic rings. The molecule has 0 heterocycles. The van der Waals surface area contributed by atoms with E-state index in [2.05, 4.69) is 29.4 Å². The summed E-state index contributed by atoms with van der Waals surface area (Å²) in [6.07, 6.45) is 1.12. The van der Waals surface area contributed by atoms with Crippen LogP contribution >= 0.6 is 0 Å². The summed E-state index contributed by atoms with van der Waals surface area (Å²) < 4.78 is 0. The maximum Gasteiger partial charge on any atom is 0.0577 e. The van der Waals surface area contributed by atoms with Gasteiger partial charge in [0.25, 0.3) is 0 Å². The second-order valence-electron chi connectivity index (χ2n) is 3.60. The van der Waals surface area contributed by atoms with Gasteiger partial charge in [-0.1, -0.05) is 35.5 Å². The Kier molecular flexibility index (Phi) is 2.05. The second-order valence-corrected chi connectivity index (χ2v) is 3.60. The van der Waals surface area contributed by atoms with Crippen LogP contribution in [0.2, 0.25) is 0 Å². The zero-order chi connectivity index (χ0) is 9.26. The minimum absolute atomic E-state index is 0.465. The molecule has 2 unspecified atom stereocenters. The smallest absolute Gasteiger partial charge is 0.0577 e. The SMILES string of the molecule is CC(=NO)C1CC1c1ccccc1. The Morgan fingerprint density at radius 1 is 1.38 bits per heavy atom. The van der Waals surface area contributed by atoms with E-state index in [4.69, 9.17) is 5.21 Å². The number of rotatable bonds is 2. The van der Waals surface area contributed by atoms with Crippen molar-refractivity contribution >= 4 is 5.71 Å². The van der Waals surface area contributed by atoms with E-state index in [0.717, 1.165) is 12.1 Å². The van der Waals surface area contributed by atoms with Crippen LogP contribution in [-0.2, 0) is 0 Å². The van der Waals surface area contributed by atoms with Gasteiger partial charge in [-0.2, -0.15) is 0 Å². The van der Waals surface area contributed by atoms with Crippen molar-refractivity contribution in [1.29, 1.82) is 0 Å². The fourth-order valence-corrected chi connectivity index (χ4v) is 1.80. The summed E-state index contributed by atoms with van der Waals surface area (Å²) >= 11 is 0. The largest absolute Gasteiger partial charge is 0.411 e. The van der Waals surface area contributed by atoms with Gasteiger partial charge in [-0.3, -0.25) is 0 Å². The Hall–Kier alpha value is -1.31. The van der Waals surface area contributed by atoms with Gasteiger partial charge in [0.1, 0.15) is 0 Å². The first-order valence-electron chi connectivity index (χ1n) is 4.56. The summed E-state index contributed by atoms with van der Waals surface area (Å²) in [5.41, 5.74) is 2.21. The molecule has 2 heteroatoms. The van der Waals surface area contributed by atoms with Crippen LogP contribution in [0.4, 0.5) is 0 Å². The van der Waals surface area contributed by atoms with Crippen molar-refractivity contribution in [1.82, 2.24) is 0 Å². The summed E-state index contributed by atoms with van der Waals surface area (Å²) in [5, 5.41) is 11.8. The van der Waals surface area contributed by atoms with Crippen LogP contribution in [0.1, 0.15) is 24.8 Å². The van der Waals surface area contributed by atoms with Crippen molar-refractivity contribution in [3.63, 3.8) is 0 Å². The molecular formula is C11H13NO. The van der Waals surface area contributed by atoms with Crippen molar-refractivity contribution < 1.29 is 5.21 Å². The maximum atomic E-state index is 8.60. The van der Waals surface area contributed by atoms with Gasteiger partial charge < -0.3 is 5.21 Å². The van der Waals surface area contributed by atoms with Gasteiger partial charge >= 0.3 is 0 Å². The molecule has 0 saturated heterocycles. The summed E-state index contributed by atoms with van der Waals surface area (Å²) in [6, 6.07) is 10.4. The molecule has 1 aliphatic carbocycles. The lowest BCUT2D eigenvalue weighted by Gasteiger charge is -1.97. The van der Waals surface area contributed by atoms with Crippen molar-refractivity contribution in [2.24, 2.45) is 11.1 Å². The van der Waals surface area contributed by atoms with E-state index in [9.17, 15) is 0 Å². The quantitative estimate of drug-likeness (QED) is 0.418. The molecule has 2 atom stereocenters. The Bertz CT molecular complexity index is 318. The molecule has 0 aliphatic heterocycles. The molecule has 68 valence electrons. The van der Waals surface area contributed by atoms with Gasteiger partial charge in [-0.05, 0) is 24.8 Å². The Labute approximate surface area is 77.9 Å². The third kappa shape index (κ3) is 1.57. The fraction of sp³-hybridized carbons (Fsp3) is 0.364. The number of hydrogen-bond acceptors (Lipinski definition) is 2. The molecule has 1 aromatic carbocycles. The number of nitrogens with zero attached hydrogens (tertiary/aromatic N) is 1. The summed E-state index contributed by atoms with van der Waals surface area (Å²) in [7, 11) is 0. The highest BCUT2D eigenvalue weighted by atomic mass is 16.4. The van der Waals surface area contributed by atoms with E-state index < -0.39 is 0 Å². The van der Waals surface area contributed by atoms with Crippen molar-refractivity contribution in [2.75, 3.05) is 0 Å². The van der Waals surface area contributed by atoms with E-state index in [0.29, 0.717) is 11.8 Å². The van der Waals surface area contributed by atoms with Crippen LogP contribution in [0, 0.1) is 5.92 Å². The molecule has 2 nitrogen and oxygen atoms in total. The van der Waals surface area contributed by atoms with E-state index in [-0.39, 0.29) is 0 Å². The molecule has 0 amide bonds. The van der Waals surface area contributed by atoms with Crippen LogP contribution in [-0.4, -0.2) is 10.9 Å². The lowest BCUT2D eigenvalue weighted by atomic mass is 10.1. The van der Waals surface area contributed by atoms with Gasteiger partial charge in [-0.15, -0.1) is 0 Å². The topological polar surface area (TPSA) is 32.6 Å². The fourth-order valence-electron chi connectivity index (χ4n) is 1.80. The van der Waals surface area contributed by atoms with E-state index >= 15 is 0 Å². The predicted octanol–water partition coefficient (Wildman–Crippen LogP) is 2.64. The first-order valence-corrected chi connectivity index (χ1v) is 4.56. The molecule has 1 saturated carbocycles. The number of hydrogen-bond donors (Lipinski definition) is 1.